The lowest BCUT2D eigenvalue weighted by Crippen LogP contribution is -2.35. The van der Waals surface area contributed by atoms with Crippen LogP contribution in [-0.2, 0) is 4.79 Å². The summed E-state index contributed by atoms with van der Waals surface area (Å²) < 4.78 is 0. The van der Waals surface area contributed by atoms with E-state index in [0.29, 0.717) is 23.2 Å². The lowest BCUT2D eigenvalue weighted by atomic mass is 9.66. The van der Waals surface area contributed by atoms with Gasteiger partial charge >= 0.3 is 5.97 Å². The Balaban J connectivity index is 2.11. The fourth-order valence-electron chi connectivity index (χ4n) is 5.89. The van der Waals surface area contributed by atoms with E-state index in [9.17, 15) is 9.90 Å². The van der Waals surface area contributed by atoms with Gasteiger partial charge in [0, 0.05) is 0 Å². The van der Waals surface area contributed by atoms with Crippen molar-refractivity contribution in [2.75, 3.05) is 0 Å². The molecule has 1 spiro atoms. The van der Waals surface area contributed by atoms with E-state index in [1.807, 2.05) is 0 Å². The Hall–Kier alpha value is -0.790. The van der Waals surface area contributed by atoms with Gasteiger partial charge in [0.25, 0.3) is 0 Å². The second-order valence-electron chi connectivity index (χ2n) is 7.53. The quantitative estimate of drug-likeness (QED) is 0.718. The van der Waals surface area contributed by atoms with Crippen LogP contribution in [0.3, 0.4) is 0 Å². The fourth-order valence-corrected chi connectivity index (χ4v) is 5.89. The molecule has 3 saturated carbocycles. The van der Waals surface area contributed by atoms with Gasteiger partial charge in [0.15, 0.2) is 0 Å². The van der Waals surface area contributed by atoms with E-state index in [2.05, 4.69) is 27.4 Å². The monoisotopic (exact) mass is 248 g/mol. The number of allylic oxidation sites excluding steroid dienone is 1. The van der Waals surface area contributed by atoms with Gasteiger partial charge in [0.2, 0.25) is 0 Å². The Morgan fingerprint density at radius 1 is 1.44 bits per heavy atom. The van der Waals surface area contributed by atoms with Crippen LogP contribution in [-0.4, -0.2) is 11.1 Å². The average Bonchev–Trinajstić information content (AvgIpc) is 2.66. The molecule has 0 radical (unpaired) electrons. The zero-order chi connectivity index (χ0) is 13.3. The molecule has 0 aromatic carbocycles. The summed E-state index contributed by atoms with van der Waals surface area (Å²) in [4.78, 5) is 11.6. The average molecular weight is 248 g/mol. The number of carbonyl (C=O) groups is 1. The Morgan fingerprint density at radius 3 is 2.72 bits per heavy atom. The molecular weight excluding hydrogens is 224 g/mol. The summed E-state index contributed by atoms with van der Waals surface area (Å²) in [5, 5.41) is 9.57. The van der Waals surface area contributed by atoms with Crippen molar-refractivity contribution < 1.29 is 9.90 Å². The standard InChI is InChI=1S/C16H24O2/c1-9-5-6-16-8-12(9)15(3,4)13(16)11(14(17)18)7-10(16)2/h10-13H,1,5-8H2,2-4H3,(H,17,18). The molecule has 5 atom stereocenters. The van der Waals surface area contributed by atoms with E-state index in [-0.39, 0.29) is 11.3 Å². The predicted molar refractivity (Wildman–Crippen MR) is 71.1 cm³/mol. The topological polar surface area (TPSA) is 37.3 Å². The first-order valence-corrected chi connectivity index (χ1v) is 7.21. The van der Waals surface area contributed by atoms with Crippen LogP contribution in [0.5, 0.6) is 0 Å². The van der Waals surface area contributed by atoms with Gasteiger partial charge in [0.05, 0.1) is 5.92 Å². The van der Waals surface area contributed by atoms with Crippen LogP contribution < -0.4 is 0 Å². The van der Waals surface area contributed by atoms with Gasteiger partial charge in [-0.25, -0.2) is 0 Å². The van der Waals surface area contributed by atoms with Crippen LogP contribution in [0.2, 0.25) is 0 Å². The van der Waals surface area contributed by atoms with E-state index >= 15 is 0 Å². The smallest absolute Gasteiger partial charge is 0.306 e. The van der Waals surface area contributed by atoms with E-state index in [1.165, 1.54) is 18.4 Å². The van der Waals surface area contributed by atoms with Crippen molar-refractivity contribution >= 4 is 5.97 Å². The lowest BCUT2D eigenvalue weighted by molar-refractivity contribution is -0.145. The van der Waals surface area contributed by atoms with Crippen LogP contribution in [0, 0.1) is 34.5 Å². The molecule has 0 heterocycles. The fraction of sp³-hybridized carbons (Fsp3) is 0.812. The molecule has 3 aliphatic rings. The van der Waals surface area contributed by atoms with Crippen molar-refractivity contribution in [3.8, 4) is 0 Å². The van der Waals surface area contributed by atoms with Crippen LogP contribution in [0.4, 0.5) is 0 Å². The lowest BCUT2D eigenvalue weighted by Gasteiger charge is -2.38. The van der Waals surface area contributed by atoms with Crippen LogP contribution >= 0.6 is 0 Å². The van der Waals surface area contributed by atoms with E-state index in [4.69, 9.17) is 0 Å². The summed E-state index contributed by atoms with van der Waals surface area (Å²) in [6.07, 6.45) is 4.35. The molecule has 2 nitrogen and oxygen atoms in total. The minimum absolute atomic E-state index is 0.113. The molecular formula is C16H24O2. The summed E-state index contributed by atoms with van der Waals surface area (Å²) >= 11 is 0. The first-order valence-electron chi connectivity index (χ1n) is 7.21. The SMILES string of the molecule is C=C1CCC23CC1C(C)(C)C2C(C(=O)O)CC3C. The third-order valence-corrected chi connectivity index (χ3v) is 6.62. The van der Waals surface area contributed by atoms with Crippen molar-refractivity contribution in [1.29, 1.82) is 0 Å². The second kappa shape index (κ2) is 3.40. The number of aliphatic carboxylic acids is 1. The molecule has 1 N–H and O–H groups in total. The molecule has 2 heteroatoms. The largest absolute Gasteiger partial charge is 0.481 e. The summed E-state index contributed by atoms with van der Waals surface area (Å²) in [7, 11) is 0. The first kappa shape index (κ1) is 12.3. The van der Waals surface area contributed by atoms with Gasteiger partial charge in [-0.1, -0.05) is 32.9 Å². The highest BCUT2D eigenvalue weighted by Gasteiger charge is 2.68. The van der Waals surface area contributed by atoms with E-state index < -0.39 is 5.97 Å². The molecule has 18 heavy (non-hydrogen) atoms. The minimum Gasteiger partial charge on any atom is -0.481 e. The van der Waals surface area contributed by atoms with Crippen LogP contribution in [0.1, 0.15) is 46.5 Å². The van der Waals surface area contributed by atoms with Crippen LogP contribution in [0.15, 0.2) is 12.2 Å². The molecule has 3 aliphatic carbocycles. The van der Waals surface area contributed by atoms with Crippen molar-refractivity contribution in [2.45, 2.75) is 46.5 Å². The summed E-state index contributed by atoms with van der Waals surface area (Å²) in [6.45, 7) is 11.1. The van der Waals surface area contributed by atoms with Gasteiger partial charge in [-0.3, -0.25) is 4.79 Å². The molecule has 5 unspecified atom stereocenters. The maximum atomic E-state index is 11.6. The normalized spacial score (nSPS) is 49.2. The predicted octanol–water partition coefficient (Wildman–Crippen LogP) is 3.73. The second-order valence-corrected chi connectivity index (χ2v) is 7.53. The van der Waals surface area contributed by atoms with Gasteiger partial charge in [-0.05, 0) is 54.3 Å². The number of fused-ring (bicyclic) bond motifs is 1. The van der Waals surface area contributed by atoms with Gasteiger partial charge < -0.3 is 5.11 Å². The molecule has 2 bridgehead atoms. The molecule has 3 rings (SSSR count). The van der Waals surface area contributed by atoms with Crippen molar-refractivity contribution in [1.82, 2.24) is 0 Å². The molecule has 0 amide bonds. The highest BCUT2D eigenvalue weighted by molar-refractivity contribution is 5.71. The molecule has 0 aromatic heterocycles. The van der Waals surface area contributed by atoms with Gasteiger partial charge in [0.1, 0.15) is 0 Å². The molecule has 100 valence electrons. The van der Waals surface area contributed by atoms with Crippen molar-refractivity contribution in [2.24, 2.45) is 34.5 Å². The number of carboxylic acids is 1. The first-order chi connectivity index (χ1) is 8.30. The maximum absolute atomic E-state index is 11.6. The van der Waals surface area contributed by atoms with Crippen molar-refractivity contribution in [3.05, 3.63) is 12.2 Å². The zero-order valence-corrected chi connectivity index (χ0v) is 11.7. The van der Waals surface area contributed by atoms with Gasteiger partial charge in [-0.2, -0.15) is 0 Å². The number of hydrogen-bond acceptors (Lipinski definition) is 1. The molecule has 3 fully saturated rings. The molecule has 0 aliphatic heterocycles. The summed E-state index contributed by atoms with van der Waals surface area (Å²) in [5.41, 5.74) is 1.77. The zero-order valence-electron chi connectivity index (χ0n) is 11.7. The highest BCUT2D eigenvalue weighted by atomic mass is 16.4. The molecule has 0 aromatic rings. The van der Waals surface area contributed by atoms with Gasteiger partial charge in [-0.15, -0.1) is 0 Å². The third-order valence-electron chi connectivity index (χ3n) is 6.62. The van der Waals surface area contributed by atoms with Crippen LogP contribution in [0.25, 0.3) is 0 Å². The maximum Gasteiger partial charge on any atom is 0.306 e. The Bertz CT molecular complexity index is 423. The van der Waals surface area contributed by atoms with E-state index in [1.54, 1.807) is 0 Å². The Morgan fingerprint density at radius 2 is 2.11 bits per heavy atom. The Labute approximate surface area is 109 Å². The van der Waals surface area contributed by atoms with E-state index in [0.717, 1.165) is 12.8 Å². The molecule has 0 saturated heterocycles. The number of rotatable bonds is 1. The number of hydrogen-bond donors (Lipinski definition) is 1. The Kier molecular flexibility index (Phi) is 2.31. The summed E-state index contributed by atoms with van der Waals surface area (Å²) in [6, 6.07) is 0. The number of carboxylic acid groups (broad SMARTS) is 1. The summed E-state index contributed by atoms with van der Waals surface area (Å²) in [5.74, 6) is 0.740. The third kappa shape index (κ3) is 1.22. The minimum atomic E-state index is -0.574. The van der Waals surface area contributed by atoms with Crippen molar-refractivity contribution in [3.63, 3.8) is 0 Å². The highest BCUT2D eigenvalue weighted by Crippen LogP contribution is 2.73.